The molecule has 2 rings (SSSR count). The predicted octanol–water partition coefficient (Wildman–Crippen LogP) is 1.18. The van der Waals surface area contributed by atoms with E-state index >= 15 is 0 Å². The molecule has 0 saturated heterocycles. The summed E-state index contributed by atoms with van der Waals surface area (Å²) < 4.78 is 6.98. The normalized spacial score (nSPS) is 10.6. The minimum absolute atomic E-state index is 0.672. The van der Waals surface area contributed by atoms with Gasteiger partial charge in [0.2, 0.25) is 0 Å². The van der Waals surface area contributed by atoms with Gasteiger partial charge in [-0.25, -0.2) is 4.98 Å². The zero-order chi connectivity index (χ0) is 14.4. The van der Waals surface area contributed by atoms with Crippen molar-refractivity contribution in [2.75, 3.05) is 25.1 Å². The second-order valence-corrected chi connectivity index (χ2v) is 4.56. The first-order chi connectivity index (χ1) is 9.74. The summed E-state index contributed by atoms with van der Waals surface area (Å²) in [7, 11) is 3.57. The number of aromatic nitrogens is 3. The van der Waals surface area contributed by atoms with Gasteiger partial charge in [-0.1, -0.05) is 0 Å². The summed E-state index contributed by atoms with van der Waals surface area (Å²) in [6, 6.07) is 8.01. The molecule has 0 bridgehead atoms. The lowest BCUT2D eigenvalue weighted by Crippen LogP contribution is -2.27. The van der Waals surface area contributed by atoms with Crippen molar-refractivity contribution >= 4 is 5.69 Å². The van der Waals surface area contributed by atoms with E-state index in [9.17, 15) is 0 Å². The summed E-state index contributed by atoms with van der Waals surface area (Å²) in [5.41, 5.74) is 6.75. The molecule has 0 atom stereocenters. The number of aryl methyl sites for hydroxylation is 1. The van der Waals surface area contributed by atoms with Gasteiger partial charge in [0.15, 0.2) is 0 Å². The Hall–Kier alpha value is -2.08. The zero-order valence-electron chi connectivity index (χ0n) is 12.0. The molecule has 0 fully saturated rings. The molecule has 0 amide bonds. The molecule has 0 saturated carbocycles. The van der Waals surface area contributed by atoms with E-state index in [4.69, 9.17) is 10.5 Å². The van der Waals surface area contributed by atoms with Crippen LogP contribution >= 0.6 is 0 Å². The molecule has 1 heterocycles. The summed E-state index contributed by atoms with van der Waals surface area (Å²) in [4.78, 5) is 6.52. The summed E-state index contributed by atoms with van der Waals surface area (Å²) in [5.74, 6) is 1.78. The summed E-state index contributed by atoms with van der Waals surface area (Å²) in [6.07, 6.45) is 2.51. The molecular formula is C14H21N5O. The van der Waals surface area contributed by atoms with E-state index in [0.29, 0.717) is 13.1 Å². The fourth-order valence-electron chi connectivity index (χ4n) is 2.01. The van der Waals surface area contributed by atoms with Crippen molar-refractivity contribution in [2.24, 2.45) is 12.8 Å². The van der Waals surface area contributed by atoms with Crippen LogP contribution in [-0.4, -0.2) is 35.0 Å². The fraction of sp³-hybridized carbons (Fsp3) is 0.429. The number of anilines is 1. The van der Waals surface area contributed by atoms with Gasteiger partial charge >= 0.3 is 0 Å². The molecule has 2 aromatic rings. The first-order valence-corrected chi connectivity index (χ1v) is 6.66. The Morgan fingerprint density at radius 3 is 2.60 bits per heavy atom. The van der Waals surface area contributed by atoms with Crippen molar-refractivity contribution in [2.45, 2.75) is 13.0 Å². The fourth-order valence-corrected chi connectivity index (χ4v) is 2.01. The van der Waals surface area contributed by atoms with Crippen LogP contribution in [0.25, 0.3) is 0 Å². The molecule has 108 valence electrons. The number of hydrogen-bond donors (Lipinski definition) is 1. The maximum absolute atomic E-state index is 5.62. The lowest BCUT2D eigenvalue weighted by molar-refractivity contribution is 0.415. The van der Waals surface area contributed by atoms with Crippen LogP contribution in [0, 0.1) is 0 Å². The van der Waals surface area contributed by atoms with Crippen LogP contribution in [0.5, 0.6) is 5.75 Å². The molecule has 0 aliphatic rings. The van der Waals surface area contributed by atoms with Crippen LogP contribution in [0.4, 0.5) is 5.69 Å². The highest BCUT2D eigenvalue weighted by atomic mass is 16.5. The number of ether oxygens (including phenoxy) is 1. The number of hydrogen-bond acceptors (Lipinski definition) is 5. The second kappa shape index (κ2) is 6.91. The van der Waals surface area contributed by atoms with Crippen LogP contribution in [0.1, 0.15) is 12.2 Å². The zero-order valence-corrected chi connectivity index (χ0v) is 12.0. The van der Waals surface area contributed by atoms with Crippen LogP contribution in [0.15, 0.2) is 30.6 Å². The van der Waals surface area contributed by atoms with E-state index in [0.717, 1.165) is 30.2 Å². The van der Waals surface area contributed by atoms with E-state index in [2.05, 4.69) is 15.0 Å². The Bertz CT molecular complexity index is 523. The van der Waals surface area contributed by atoms with Gasteiger partial charge in [-0.05, 0) is 37.2 Å². The van der Waals surface area contributed by atoms with Crippen molar-refractivity contribution < 1.29 is 4.74 Å². The average Bonchev–Trinajstić information content (AvgIpc) is 2.89. The van der Waals surface area contributed by atoms with Gasteiger partial charge in [0.1, 0.15) is 17.9 Å². The van der Waals surface area contributed by atoms with Crippen molar-refractivity contribution in [3.63, 3.8) is 0 Å². The number of nitrogens with two attached hydrogens (primary N) is 1. The third-order valence-electron chi connectivity index (χ3n) is 3.21. The average molecular weight is 275 g/mol. The number of rotatable bonds is 7. The molecule has 6 nitrogen and oxygen atoms in total. The van der Waals surface area contributed by atoms with Gasteiger partial charge in [-0.15, -0.1) is 0 Å². The molecule has 0 spiro atoms. The van der Waals surface area contributed by atoms with E-state index in [1.54, 1.807) is 18.1 Å². The lowest BCUT2D eigenvalue weighted by atomic mass is 10.2. The highest BCUT2D eigenvalue weighted by Crippen LogP contribution is 2.20. The summed E-state index contributed by atoms with van der Waals surface area (Å²) in [5, 5.41) is 4.11. The standard InChI is InChI=1S/C14H21N5O/c1-18-14(16-11-17-18)10-19(9-3-8-15)12-4-6-13(20-2)7-5-12/h4-7,11H,3,8-10,15H2,1-2H3. The van der Waals surface area contributed by atoms with Gasteiger partial charge in [0.05, 0.1) is 13.7 Å². The van der Waals surface area contributed by atoms with Gasteiger partial charge in [-0.3, -0.25) is 4.68 Å². The maximum atomic E-state index is 5.62. The van der Waals surface area contributed by atoms with E-state index in [1.807, 2.05) is 31.3 Å². The van der Waals surface area contributed by atoms with Crippen LogP contribution < -0.4 is 15.4 Å². The molecule has 0 unspecified atom stereocenters. The molecule has 0 radical (unpaired) electrons. The molecule has 1 aromatic carbocycles. The van der Waals surface area contributed by atoms with Crippen molar-refractivity contribution in [3.05, 3.63) is 36.4 Å². The third kappa shape index (κ3) is 3.48. The minimum Gasteiger partial charge on any atom is -0.497 e. The van der Waals surface area contributed by atoms with E-state index in [-0.39, 0.29) is 0 Å². The van der Waals surface area contributed by atoms with Crippen molar-refractivity contribution in [1.29, 1.82) is 0 Å². The second-order valence-electron chi connectivity index (χ2n) is 4.56. The molecule has 0 aliphatic carbocycles. The molecule has 0 aliphatic heterocycles. The third-order valence-corrected chi connectivity index (χ3v) is 3.21. The van der Waals surface area contributed by atoms with Gasteiger partial charge < -0.3 is 15.4 Å². The summed E-state index contributed by atoms with van der Waals surface area (Å²) >= 11 is 0. The molecule has 1 aromatic heterocycles. The molecule has 20 heavy (non-hydrogen) atoms. The highest BCUT2D eigenvalue weighted by Gasteiger charge is 2.10. The number of methoxy groups -OCH3 is 1. The SMILES string of the molecule is COc1ccc(N(CCCN)Cc2ncnn2C)cc1. The van der Waals surface area contributed by atoms with E-state index in [1.165, 1.54) is 0 Å². The Morgan fingerprint density at radius 1 is 1.30 bits per heavy atom. The topological polar surface area (TPSA) is 69.2 Å². The quantitative estimate of drug-likeness (QED) is 0.821. The van der Waals surface area contributed by atoms with E-state index < -0.39 is 0 Å². The van der Waals surface area contributed by atoms with Gasteiger partial charge in [-0.2, -0.15) is 5.10 Å². The first-order valence-electron chi connectivity index (χ1n) is 6.66. The van der Waals surface area contributed by atoms with Crippen LogP contribution in [0.3, 0.4) is 0 Å². The largest absolute Gasteiger partial charge is 0.497 e. The monoisotopic (exact) mass is 275 g/mol. The number of nitrogens with zero attached hydrogens (tertiary/aromatic N) is 4. The summed E-state index contributed by atoms with van der Waals surface area (Å²) in [6.45, 7) is 2.27. The predicted molar refractivity (Wildman–Crippen MR) is 78.7 cm³/mol. The van der Waals surface area contributed by atoms with Crippen molar-refractivity contribution in [1.82, 2.24) is 14.8 Å². The molecule has 6 heteroatoms. The number of benzene rings is 1. The van der Waals surface area contributed by atoms with Crippen LogP contribution in [0.2, 0.25) is 0 Å². The minimum atomic E-state index is 0.672. The highest BCUT2D eigenvalue weighted by molar-refractivity contribution is 5.49. The Kier molecular flexibility index (Phi) is 4.95. The molecular weight excluding hydrogens is 254 g/mol. The van der Waals surface area contributed by atoms with Crippen LogP contribution in [-0.2, 0) is 13.6 Å². The Morgan fingerprint density at radius 2 is 2.05 bits per heavy atom. The maximum Gasteiger partial charge on any atom is 0.146 e. The Labute approximate surface area is 119 Å². The smallest absolute Gasteiger partial charge is 0.146 e. The van der Waals surface area contributed by atoms with Gasteiger partial charge in [0.25, 0.3) is 0 Å². The lowest BCUT2D eigenvalue weighted by Gasteiger charge is -2.24. The Balaban J connectivity index is 2.15. The molecule has 2 N–H and O–H groups in total. The van der Waals surface area contributed by atoms with Gasteiger partial charge in [0, 0.05) is 19.3 Å². The van der Waals surface area contributed by atoms with Crippen molar-refractivity contribution in [3.8, 4) is 5.75 Å². The first kappa shape index (κ1) is 14.3.